The van der Waals surface area contributed by atoms with E-state index in [1.54, 1.807) is 18.0 Å². The van der Waals surface area contributed by atoms with Gasteiger partial charge in [-0.25, -0.2) is 0 Å². The van der Waals surface area contributed by atoms with Gasteiger partial charge in [0.25, 0.3) is 0 Å². The molecule has 1 atom stereocenters. The van der Waals surface area contributed by atoms with Crippen molar-refractivity contribution in [1.82, 2.24) is 4.98 Å². The van der Waals surface area contributed by atoms with Crippen LogP contribution in [0.25, 0.3) is 0 Å². The number of hydrogen-bond acceptors (Lipinski definition) is 3. The fourth-order valence-electron chi connectivity index (χ4n) is 1.82. The summed E-state index contributed by atoms with van der Waals surface area (Å²) in [6, 6.07) is 3.90. The summed E-state index contributed by atoms with van der Waals surface area (Å²) in [5, 5.41) is 0. The second-order valence-corrected chi connectivity index (χ2v) is 4.98. The summed E-state index contributed by atoms with van der Waals surface area (Å²) in [6.45, 7) is 0. The van der Waals surface area contributed by atoms with E-state index < -0.39 is 0 Å². The number of aldehydes is 1. The molecule has 0 spiro atoms. The molecule has 2 nitrogen and oxygen atoms in total. The maximum Gasteiger partial charge on any atom is 0.140 e. The molecule has 2 heterocycles. The maximum atomic E-state index is 11.2. The van der Waals surface area contributed by atoms with Crippen molar-refractivity contribution in [2.24, 2.45) is 0 Å². The zero-order chi connectivity index (χ0) is 9.86. The zero-order valence-corrected chi connectivity index (χ0v) is 8.80. The molecule has 1 fully saturated rings. The first-order valence-corrected chi connectivity index (χ1v) is 5.87. The van der Waals surface area contributed by atoms with Crippen LogP contribution >= 0.6 is 11.8 Å². The predicted molar refractivity (Wildman–Crippen MR) is 58.3 cm³/mol. The molecule has 0 saturated carbocycles. The molecule has 1 aromatic rings. The monoisotopic (exact) mass is 207 g/mol. The van der Waals surface area contributed by atoms with Gasteiger partial charge in [-0.1, -0.05) is 12.5 Å². The van der Waals surface area contributed by atoms with Crippen molar-refractivity contribution < 1.29 is 4.79 Å². The highest BCUT2D eigenvalue weighted by atomic mass is 32.2. The molecule has 0 radical (unpaired) electrons. The Kier molecular flexibility index (Phi) is 2.87. The molecule has 1 aromatic heterocycles. The molecule has 1 unspecified atom stereocenters. The minimum Gasteiger partial charge on any atom is -0.301 e. The van der Waals surface area contributed by atoms with Crippen LogP contribution in [0.1, 0.15) is 24.8 Å². The molecule has 2 rings (SSSR count). The molecule has 1 aliphatic rings. The first-order chi connectivity index (χ1) is 6.87. The van der Waals surface area contributed by atoms with Gasteiger partial charge in [-0.05, 0) is 30.2 Å². The van der Waals surface area contributed by atoms with Gasteiger partial charge in [0, 0.05) is 12.4 Å². The van der Waals surface area contributed by atoms with Gasteiger partial charge in [0.15, 0.2) is 0 Å². The standard InChI is InChI=1S/C11H13NOS/c13-9-11(5-1-2-7-14-11)10-4-3-6-12-8-10/h3-4,6,8-9H,1-2,5,7H2. The lowest BCUT2D eigenvalue weighted by Crippen LogP contribution is -2.27. The molecule has 1 saturated heterocycles. The zero-order valence-electron chi connectivity index (χ0n) is 7.98. The van der Waals surface area contributed by atoms with Crippen molar-refractivity contribution in [1.29, 1.82) is 0 Å². The van der Waals surface area contributed by atoms with Gasteiger partial charge in [0.05, 0.1) is 4.75 Å². The Labute approximate surface area is 88.1 Å². The van der Waals surface area contributed by atoms with Gasteiger partial charge in [-0.15, -0.1) is 11.8 Å². The van der Waals surface area contributed by atoms with E-state index in [9.17, 15) is 4.79 Å². The largest absolute Gasteiger partial charge is 0.301 e. The molecule has 0 aliphatic carbocycles. The Balaban J connectivity index is 2.32. The van der Waals surface area contributed by atoms with Crippen molar-refractivity contribution in [2.45, 2.75) is 24.0 Å². The van der Waals surface area contributed by atoms with Gasteiger partial charge >= 0.3 is 0 Å². The quantitative estimate of drug-likeness (QED) is 0.697. The van der Waals surface area contributed by atoms with Crippen molar-refractivity contribution in [3.63, 3.8) is 0 Å². The van der Waals surface area contributed by atoms with Crippen molar-refractivity contribution in [3.8, 4) is 0 Å². The molecule has 14 heavy (non-hydrogen) atoms. The van der Waals surface area contributed by atoms with Crippen LogP contribution in [0.15, 0.2) is 24.5 Å². The average Bonchev–Trinajstić information content (AvgIpc) is 2.31. The summed E-state index contributed by atoms with van der Waals surface area (Å²) in [4.78, 5) is 15.3. The maximum absolute atomic E-state index is 11.2. The number of nitrogens with zero attached hydrogens (tertiary/aromatic N) is 1. The van der Waals surface area contributed by atoms with Crippen LogP contribution in [-0.2, 0) is 9.54 Å². The molecule has 74 valence electrons. The Morgan fingerprint density at radius 1 is 1.50 bits per heavy atom. The van der Waals surface area contributed by atoms with Crippen LogP contribution in [0.2, 0.25) is 0 Å². The number of hydrogen-bond donors (Lipinski definition) is 0. The van der Waals surface area contributed by atoms with Crippen LogP contribution in [0, 0.1) is 0 Å². The lowest BCUT2D eigenvalue weighted by molar-refractivity contribution is -0.110. The first kappa shape index (κ1) is 9.71. The predicted octanol–water partition coefficient (Wildman–Crippen LogP) is 2.39. The van der Waals surface area contributed by atoms with Crippen molar-refractivity contribution >= 4 is 18.0 Å². The number of carbonyl (C=O) groups is 1. The SMILES string of the molecule is O=CC1(c2cccnc2)CCCCS1. The Morgan fingerprint density at radius 2 is 2.43 bits per heavy atom. The number of thioether (sulfide) groups is 1. The van der Waals surface area contributed by atoms with E-state index in [1.165, 1.54) is 6.42 Å². The normalized spacial score (nSPS) is 27.1. The number of aromatic nitrogens is 1. The minimum absolute atomic E-state index is 0.313. The summed E-state index contributed by atoms with van der Waals surface area (Å²) < 4.78 is -0.313. The summed E-state index contributed by atoms with van der Waals surface area (Å²) in [5.41, 5.74) is 1.06. The Bertz CT molecular complexity index is 306. The van der Waals surface area contributed by atoms with Gasteiger partial charge in [0.2, 0.25) is 0 Å². The summed E-state index contributed by atoms with van der Waals surface area (Å²) >= 11 is 1.76. The van der Waals surface area contributed by atoms with E-state index in [-0.39, 0.29) is 4.75 Å². The Hall–Kier alpha value is -0.830. The molecular weight excluding hydrogens is 194 g/mol. The highest BCUT2D eigenvalue weighted by molar-refractivity contribution is 8.00. The highest BCUT2D eigenvalue weighted by Gasteiger charge is 2.34. The van der Waals surface area contributed by atoms with Gasteiger partial charge < -0.3 is 4.79 Å². The fraction of sp³-hybridized carbons (Fsp3) is 0.455. The molecular formula is C11H13NOS. The molecule has 0 aromatic carbocycles. The third-order valence-corrected chi connectivity index (χ3v) is 4.19. The van der Waals surface area contributed by atoms with E-state index >= 15 is 0 Å². The second-order valence-electron chi connectivity index (χ2n) is 3.55. The lowest BCUT2D eigenvalue weighted by Gasteiger charge is -2.31. The van der Waals surface area contributed by atoms with Crippen LogP contribution in [0.5, 0.6) is 0 Å². The van der Waals surface area contributed by atoms with Crippen LogP contribution < -0.4 is 0 Å². The molecule has 1 aliphatic heterocycles. The topological polar surface area (TPSA) is 30.0 Å². The summed E-state index contributed by atoms with van der Waals surface area (Å²) in [5.74, 6) is 1.08. The third kappa shape index (κ3) is 1.69. The van der Waals surface area contributed by atoms with E-state index in [0.717, 1.165) is 30.4 Å². The van der Waals surface area contributed by atoms with Gasteiger partial charge in [-0.3, -0.25) is 4.98 Å². The van der Waals surface area contributed by atoms with E-state index in [1.807, 2.05) is 18.3 Å². The van der Waals surface area contributed by atoms with Crippen LogP contribution in [0.3, 0.4) is 0 Å². The fourth-order valence-corrected chi connectivity index (χ4v) is 3.17. The van der Waals surface area contributed by atoms with Crippen molar-refractivity contribution in [3.05, 3.63) is 30.1 Å². The average molecular weight is 207 g/mol. The smallest absolute Gasteiger partial charge is 0.140 e. The molecule has 3 heteroatoms. The summed E-state index contributed by atoms with van der Waals surface area (Å²) in [6.07, 6.45) is 7.96. The second kappa shape index (κ2) is 4.13. The lowest BCUT2D eigenvalue weighted by atomic mass is 9.95. The van der Waals surface area contributed by atoms with Crippen LogP contribution in [0.4, 0.5) is 0 Å². The first-order valence-electron chi connectivity index (χ1n) is 4.88. The number of rotatable bonds is 2. The molecule has 0 amide bonds. The minimum atomic E-state index is -0.313. The summed E-state index contributed by atoms with van der Waals surface area (Å²) in [7, 11) is 0. The van der Waals surface area contributed by atoms with E-state index in [2.05, 4.69) is 4.98 Å². The van der Waals surface area contributed by atoms with Crippen molar-refractivity contribution in [2.75, 3.05) is 5.75 Å². The molecule has 0 bridgehead atoms. The highest BCUT2D eigenvalue weighted by Crippen LogP contribution is 2.42. The van der Waals surface area contributed by atoms with E-state index in [0.29, 0.717) is 0 Å². The third-order valence-electron chi connectivity index (χ3n) is 2.64. The molecule has 0 N–H and O–H groups in total. The number of pyridine rings is 1. The number of carbonyl (C=O) groups excluding carboxylic acids is 1. The van der Waals surface area contributed by atoms with Crippen LogP contribution in [-0.4, -0.2) is 17.0 Å². The Morgan fingerprint density at radius 3 is 3.00 bits per heavy atom. The van der Waals surface area contributed by atoms with E-state index in [4.69, 9.17) is 0 Å². The van der Waals surface area contributed by atoms with Gasteiger partial charge in [0.1, 0.15) is 6.29 Å². The van der Waals surface area contributed by atoms with Gasteiger partial charge in [-0.2, -0.15) is 0 Å².